The number of nitrogens with zero attached hydrogens (tertiary/aromatic N) is 1. The molecule has 2 aromatic rings. The van der Waals surface area contributed by atoms with Crippen LogP contribution in [0.5, 0.6) is 0 Å². The van der Waals surface area contributed by atoms with Crippen LogP contribution in [0.25, 0.3) is 10.2 Å². The van der Waals surface area contributed by atoms with Crippen LogP contribution in [0.4, 0.5) is 0 Å². The monoisotopic (exact) mass is 407 g/mol. The van der Waals surface area contributed by atoms with E-state index in [4.69, 9.17) is 4.74 Å². The molecule has 2 aliphatic rings. The lowest BCUT2D eigenvalue weighted by Crippen LogP contribution is -2.31. The smallest absolute Gasteiger partial charge is 0.259 e. The predicted octanol–water partition coefficient (Wildman–Crippen LogP) is 2.78. The van der Waals surface area contributed by atoms with Gasteiger partial charge in [0.15, 0.2) is 0 Å². The Bertz CT molecular complexity index is 871. The van der Waals surface area contributed by atoms with E-state index in [9.17, 15) is 9.59 Å². The van der Waals surface area contributed by atoms with Gasteiger partial charge in [0.05, 0.1) is 17.2 Å². The minimum atomic E-state index is -0.00990. The van der Waals surface area contributed by atoms with Gasteiger partial charge in [-0.1, -0.05) is 0 Å². The van der Waals surface area contributed by atoms with Crippen molar-refractivity contribution in [3.8, 4) is 0 Å². The van der Waals surface area contributed by atoms with Crippen molar-refractivity contribution in [3.05, 3.63) is 26.6 Å². The molecule has 4 rings (SSSR count). The van der Waals surface area contributed by atoms with Gasteiger partial charge in [0, 0.05) is 30.2 Å². The van der Waals surface area contributed by atoms with Crippen molar-refractivity contribution in [3.63, 3.8) is 0 Å². The Kier molecular flexibility index (Phi) is 6.14. The van der Waals surface area contributed by atoms with Crippen molar-refractivity contribution < 1.29 is 9.53 Å². The fourth-order valence-electron chi connectivity index (χ4n) is 3.73. The molecule has 2 N–H and O–H groups in total. The molecule has 0 bridgehead atoms. The number of aromatic amines is 1. The average molecular weight is 408 g/mol. The SMILES string of the molecule is O=C(CCSCc1nc2sc3c(c2c(=O)[nH]1)CCCC3)NCC1CCCO1. The Labute approximate surface area is 166 Å². The number of ether oxygens (including phenoxy) is 1. The van der Waals surface area contributed by atoms with E-state index in [1.165, 1.54) is 16.9 Å². The van der Waals surface area contributed by atoms with Gasteiger partial charge in [-0.15, -0.1) is 11.3 Å². The number of aromatic nitrogens is 2. The van der Waals surface area contributed by atoms with E-state index >= 15 is 0 Å². The Balaban J connectivity index is 1.27. The number of H-pyrrole nitrogens is 1. The number of hydrogen-bond acceptors (Lipinski definition) is 6. The van der Waals surface area contributed by atoms with Gasteiger partial charge in [-0.2, -0.15) is 11.8 Å². The van der Waals surface area contributed by atoms with Crippen molar-refractivity contribution in [1.29, 1.82) is 0 Å². The molecule has 1 amide bonds. The molecule has 6 nitrogen and oxygen atoms in total. The summed E-state index contributed by atoms with van der Waals surface area (Å²) >= 11 is 3.30. The first-order valence-corrected chi connectivity index (χ1v) is 11.7. The summed E-state index contributed by atoms with van der Waals surface area (Å²) in [5, 5.41) is 3.74. The fraction of sp³-hybridized carbons (Fsp3) is 0.632. The first-order valence-electron chi connectivity index (χ1n) is 9.70. The van der Waals surface area contributed by atoms with Crippen LogP contribution in [-0.2, 0) is 28.1 Å². The molecular formula is C19H25N3O3S2. The highest BCUT2D eigenvalue weighted by Gasteiger charge is 2.20. The second-order valence-electron chi connectivity index (χ2n) is 7.15. The van der Waals surface area contributed by atoms with E-state index in [0.717, 1.165) is 48.9 Å². The lowest BCUT2D eigenvalue weighted by molar-refractivity contribution is -0.121. The molecule has 0 radical (unpaired) electrons. The Morgan fingerprint density at radius 3 is 3.07 bits per heavy atom. The Morgan fingerprint density at radius 2 is 2.22 bits per heavy atom. The molecule has 0 spiro atoms. The van der Waals surface area contributed by atoms with E-state index in [1.807, 2.05) is 0 Å². The molecule has 27 heavy (non-hydrogen) atoms. The molecule has 1 saturated heterocycles. The molecular weight excluding hydrogens is 382 g/mol. The highest BCUT2D eigenvalue weighted by atomic mass is 32.2. The average Bonchev–Trinajstić information content (AvgIpc) is 3.30. The van der Waals surface area contributed by atoms with Crippen LogP contribution in [0.2, 0.25) is 0 Å². The number of carbonyl (C=O) groups is 1. The van der Waals surface area contributed by atoms with Crippen molar-refractivity contribution in [2.24, 2.45) is 0 Å². The fourth-order valence-corrected chi connectivity index (χ4v) is 5.82. The van der Waals surface area contributed by atoms with Gasteiger partial charge in [0.1, 0.15) is 10.7 Å². The molecule has 1 fully saturated rings. The normalized spacial score (nSPS) is 19.3. The van der Waals surface area contributed by atoms with Crippen molar-refractivity contribution in [1.82, 2.24) is 15.3 Å². The minimum Gasteiger partial charge on any atom is -0.376 e. The van der Waals surface area contributed by atoms with Crippen LogP contribution in [0.15, 0.2) is 4.79 Å². The predicted molar refractivity (Wildman–Crippen MR) is 110 cm³/mol. The summed E-state index contributed by atoms with van der Waals surface area (Å²) < 4.78 is 5.50. The third kappa shape index (κ3) is 4.55. The van der Waals surface area contributed by atoms with Crippen LogP contribution in [0.3, 0.4) is 0 Å². The maximum absolute atomic E-state index is 12.5. The number of thiophene rings is 1. The lowest BCUT2D eigenvalue weighted by Gasteiger charge is -2.10. The first kappa shape index (κ1) is 19.0. The summed E-state index contributed by atoms with van der Waals surface area (Å²) in [7, 11) is 0. The number of carbonyl (C=O) groups excluding carboxylic acids is 1. The number of thioether (sulfide) groups is 1. The number of nitrogens with one attached hydrogen (secondary N) is 2. The zero-order valence-electron chi connectivity index (χ0n) is 15.3. The summed E-state index contributed by atoms with van der Waals surface area (Å²) in [5.41, 5.74) is 1.21. The maximum Gasteiger partial charge on any atom is 0.259 e. The highest BCUT2D eigenvalue weighted by molar-refractivity contribution is 7.98. The second-order valence-corrected chi connectivity index (χ2v) is 9.33. The van der Waals surface area contributed by atoms with E-state index in [1.54, 1.807) is 23.1 Å². The van der Waals surface area contributed by atoms with Crippen molar-refractivity contribution in [2.45, 2.75) is 56.8 Å². The van der Waals surface area contributed by atoms with Gasteiger partial charge >= 0.3 is 0 Å². The number of rotatable bonds is 7. The summed E-state index contributed by atoms with van der Waals surface area (Å²) in [4.78, 5) is 34.2. The third-order valence-corrected chi connectivity index (χ3v) is 7.29. The first-order chi connectivity index (χ1) is 13.2. The molecule has 1 unspecified atom stereocenters. The van der Waals surface area contributed by atoms with Crippen LogP contribution in [0.1, 0.15) is 48.4 Å². The maximum atomic E-state index is 12.5. The zero-order chi connectivity index (χ0) is 18.6. The van der Waals surface area contributed by atoms with Crippen LogP contribution in [0, 0.1) is 0 Å². The molecule has 1 aliphatic heterocycles. The minimum absolute atomic E-state index is 0.00990. The highest BCUT2D eigenvalue weighted by Crippen LogP contribution is 2.33. The Morgan fingerprint density at radius 1 is 1.33 bits per heavy atom. The van der Waals surface area contributed by atoms with Crippen molar-refractivity contribution >= 4 is 39.2 Å². The topological polar surface area (TPSA) is 84.1 Å². The van der Waals surface area contributed by atoms with Gasteiger partial charge in [-0.05, 0) is 44.1 Å². The van der Waals surface area contributed by atoms with E-state index in [-0.39, 0.29) is 17.6 Å². The zero-order valence-corrected chi connectivity index (χ0v) is 17.0. The second kappa shape index (κ2) is 8.75. The van der Waals surface area contributed by atoms with Crippen LogP contribution in [-0.4, -0.2) is 40.9 Å². The Hall–Kier alpha value is -1.38. The molecule has 3 heterocycles. The standard InChI is InChI=1S/C19H25N3O3S2/c23-16(20-10-12-4-3-8-25-12)7-9-26-11-15-21-18(24)17-13-5-1-2-6-14(13)27-19(17)22-15/h12H,1-11H2,(H,20,23)(H,21,22,24). The summed E-state index contributed by atoms with van der Waals surface area (Å²) in [6.07, 6.45) is 7.19. The van der Waals surface area contributed by atoms with Crippen molar-refractivity contribution in [2.75, 3.05) is 18.9 Å². The number of fused-ring (bicyclic) bond motifs is 3. The largest absolute Gasteiger partial charge is 0.376 e. The van der Waals surface area contributed by atoms with Gasteiger partial charge < -0.3 is 15.0 Å². The number of aryl methyl sites for hydroxylation is 2. The van der Waals surface area contributed by atoms with E-state index in [0.29, 0.717) is 30.3 Å². The lowest BCUT2D eigenvalue weighted by atomic mass is 9.97. The quantitative estimate of drug-likeness (QED) is 0.690. The van der Waals surface area contributed by atoms with Gasteiger partial charge in [0.2, 0.25) is 5.91 Å². The molecule has 1 atom stereocenters. The molecule has 8 heteroatoms. The molecule has 0 saturated carbocycles. The van der Waals surface area contributed by atoms with E-state index < -0.39 is 0 Å². The summed E-state index contributed by atoms with van der Waals surface area (Å²) in [6, 6.07) is 0. The van der Waals surface area contributed by atoms with Crippen LogP contribution >= 0.6 is 23.1 Å². The summed E-state index contributed by atoms with van der Waals surface area (Å²) in [6.45, 7) is 1.41. The molecule has 1 aliphatic carbocycles. The van der Waals surface area contributed by atoms with Gasteiger partial charge in [0.25, 0.3) is 5.56 Å². The molecule has 2 aromatic heterocycles. The van der Waals surface area contributed by atoms with Gasteiger partial charge in [-0.3, -0.25) is 9.59 Å². The third-order valence-electron chi connectivity index (χ3n) is 5.14. The van der Waals surface area contributed by atoms with Crippen LogP contribution < -0.4 is 10.9 Å². The van der Waals surface area contributed by atoms with Gasteiger partial charge in [-0.25, -0.2) is 4.98 Å². The number of amides is 1. The number of hydrogen-bond donors (Lipinski definition) is 2. The molecule has 0 aromatic carbocycles. The van der Waals surface area contributed by atoms with E-state index in [2.05, 4.69) is 15.3 Å². The molecule has 146 valence electrons. The summed E-state index contributed by atoms with van der Waals surface area (Å²) in [5.74, 6) is 2.09.